The first-order valence-corrected chi connectivity index (χ1v) is 6.73. The predicted molar refractivity (Wildman–Crippen MR) is 75.5 cm³/mol. The molecule has 1 aromatic carbocycles. The Labute approximate surface area is 109 Å². The standard InChI is InChI=1S/C13H14N2O2S/c14-11-12(15-5-7-17-8-6-15)9-3-1-2-4-10(9)18-13(11)16/h1-4H,5-8,14H2. The van der Waals surface area contributed by atoms with Crippen LogP contribution < -0.4 is 15.4 Å². The molecular weight excluding hydrogens is 248 g/mol. The number of nitrogen functional groups attached to an aromatic ring is 1. The fourth-order valence-corrected chi connectivity index (χ4v) is 3.10. The van der Waals surface area contributed by atoms with Gasteiger partial charge in [0.1, 0.15) is 5.69 Å². The largest absolute Gasteiger partial charge is 0.393 e. The van der Waals surface area contributed by atoms with E-state index >= 15 is 0 Å². The van der Waals surface area contributed by atoms with Crippen LogP contribution in [-0.4, -0.2) is 26.3 Å². The van der Waals surface area contributed by atoms with Crippen molar-refractivity contribution >= 4 is 32.8 Å². The highest BCUT2D eigenvalue weighted by Gasteiger charge is 2.18. The lowest BCUT2D eigenvalue weighted by molar-refractivity contribution is 0.123. The Balaban J connectivity index is 2.24. The first-order chi connectivity index (χ1) is 8.77. The average Bonchev–Trinajstić information content (AvgIpc) is 2.41. The quantitative estimate of drug-likeness (QED) is 0.849. The van der Waals surface area contributed by atoms with Gasteiger partial charge in [-0.15, -0.1) is 0 Å². The Hall–Kier alpha value is -1.59. The second kappa shape index (κ2) is 4.59. The van der Waals surface area contributed by atoms with Crippen molar-refractivity contribution in [2.24, 2.45) is 0 Å². The fourth-order valence-electron chi connectivity index (χ4n) is 2.28. The number of hydrogen-bond acceptors (Lipinski definition) is 5. The van der Waals surface area contributed by atoms with E-state index in [1.165, 1.54) is 11.3 Å². The zero-order valence-corrected chi connectivity index (χ0v) is 10.7. The minimum atomic E-state index is -0.0600. The molecule has 1 fully saturated rings. The zero-order valence-electron chi connectivity index (χ0n) is 9.89. The summed E-state index contributed by atoms with van der Waals surface area (Å²) >= 11 is 1.21. The van der Waals surface area contributed by atoms with Crippen LogP contribution in [0.4, 0.5) is 11.4 Å². The van der Waals surface area contributed by atoms with E-state index in [4.69, 9.17) is 10.5 Å². The van der Waals surface area contributed by atoms with Crippen LogP contribution in [0.15, 0.2) is 29.1 Å². The fraction of sp³-hybridized carbons (Fsp3) is 0.308. The maximum absolute atomic E-state index is 11.9. The van der Waals surface area contributed by atoms with Crippen molar-refractivity contribution < 1.29 is 4.74 Å². The number of benzene rings is 1. The van der Waals surface area contributed by atoms with E-state index in [9.17, 15) is 4.79 Å². The van der Waals surface area contributed by atoms with E-state index in [2.05, 4.69) is 4.90 Å². The number of morpholine rings is 1. The summed E-state index contributed by atoms with van der Waals surface area (Å²) in [7, 11) is 0. The highest BCUT2D eigenvalue weighted by Crippen LogP contribution is 2.32. The number of nitrogens with two attached hydrogens (primary N) is 1. The van der Waals surface area contributed by atoms with Gasteiger partial charge in [-0.1, -0.05) is 29.5 Å². The predicted octanol–water partition coefficient (Wildman–Crippen LogP) is 1.68. The third kappa shape index (κ3) is 1.85. The molecule has 1 aliphatic rings. The molecule has 5 heteroatoms. The van der Waals surface area contributed by atoms with Crippen LogP contribution >= 0.6 is 11.3 Å². The molecule has 2 N–H and O–H groups in total. The van der Waals surface area contributed by atoms with Crippen molar-refractivity contribution in [2.75, 3.05) is 36.9 Å². The van der Waals surface area contributed by atoms with Crippen LogP contribution in [0.2, 0.25) is 0 Å². The summed E-state index contributed by atoms with van der Waals surface area (Å²) in [4.78, 5) is 14.1. The van der Waals surface area contributed by atoms with E-state index in [0.717, 1.165) is 28.9 Å². The Morgan fingerprint density at radius 3 is 2.72 bits per heavy atom. The lowest BCUT2D eigenvalue weighted by Crippen LogP contribution is -2.37. The highest BCUT2D eigenvalue weighted by atomic mass is 32.1. The number of nitrogens with zero attached hydrogens (tertiary/aromatic N) is 1. The van der Waals surface area contributed by atoms with Crippen LogP contribution in [0, 0.1) is 0 Å². The summed E-state index contributed by atoms with van der Waals surface area (Å²) in [5.74, 6) is 0. The van der Waals surface area contributed by atoms with Gasteiger partial charge in [0.25, 0.3) is 4.74 Å². The van der Waals surface area contributed by atoms with Crippen LogP contribution in [0.25, 0.3) is 10.1 Å². The smallest absolute Gasteiger partial charge is 0.257 e. The number of rotatable bonds is 1. The van der Waals surface area contributed by atoms with E-state index in [1.54, 1.807) is 0 Å². The zero-order chi connectivity index (χ0) is 12.5. The van der Waals surface area contributed by atoms with Gasteiger partial charge in [-0.25, -0.2) is 0 Å². The Morgan fingerprint density at radius 1 is 1.22 bits per heavy atom. The molecule has 0 saturated carbocycles. The molecule has 0 unspecified atom stereocenters. The van der Waals surface area contributed by atoms with Crippen molar-refractivity contribution in [3.05, 3.63) is 33.8 Å². The minimum absolute atomic E-state index is 0.0600. The second-order valence-corrected chi connectivity index (χ2v) is 5.26. The summed E-state index contributed by atoms with van der Waals surface area (Å²) in [5.41, 5.74) is 7.23. The van der Waals surface area contributed by atoms with Crippen molar-refractivity contribution in [3.8, 4) is 0 Å². The van der Waals surface area contributed by atoms with Gasteiger partial charge in [0.15, 0.2) is 0 Å². The van der Waals surface area contributed by atoms with Gasteiger partial charge < -0.3 is 15.4 Å². The van der Waals surface area contributed by atoms with Gasteiger partial charge >= 0.3 is 0 Å². The number of hydrogen-bond donors (Lipinski definition) is 1. The Morgan fingerprint density at radius 2 is 1.94 bits per heavy atom. The monoisotopic (exact) mass is 262 g/mol. The highest BCUT2D eigenvalue weighted by molar-refractivity contribution is 7.16. The maximum atomic E-state index is 11.9. The van der Waals surface area contributed by atoms with E-state index in [1.807, 2.05) is 24.3 Å². The van der Waals surface area contributed by atoms with Gasteiger partial charge in [-0.05, 0) is 6.07 Å². The molecule has 1 saturated heterocycles. The first kappa shape index (κ1) is 11.5. The molecule has 0 amide bonds. The molecule has 0 radical (unpaired) electrons. The summed E-state index contributed by atoms with van der Waals surface area (Å²) in [6.07, 6.45) is 0. The number of ether oxygens (including phenoxy) is 1. The van der Waals surface area contributed by atoms with Crippen molar-refractivity contribution in [1.29, 1.82) is 0 Å². The average molecular weight is 262 g/mol. The number of anilines is 2. The summed E-state index contributed by atoms with van der Waals surface area (Å²) in [5, 5.41) is 1.06. The molecule has 94 valence electrons. The third-order valence-electron chi connectivity index (χ3n) is 3.15. The Kier molecular flexibility index (Phi) is 2.93. The minimum Gasteiger partial charge on any atom is -0.393 e. The second-order valence-electron chi connectivity index (χ2n) is 4.25. The van der Waals surface area contributed by atoms with E-state index in [-0.39, 0.29) is 4.74 Å². The summed E-state index contributed by atoms with van der Waals surface area (Å²) < 4.78 is 6.27. The SMILES string of the molecule is Nc1c(N2CCOCC2)c2ccccc2sc1=O. The molecule has 0 atom stereocenters. The van der Waals surface area contributed by atoms with Gasteiger partial charge in [-0.2, -0.15) is 0 Å². The van der Waals surface area contributed by atoms with Gasteiger partial charge in [0.2, 0.25) is 0 Å². The first-order valence-electron chi connectivity index (χ1n) is 5.91. The molecule has 18 heavy (non-hydrogen) atoms. The molecule has 1 aromatic heterocycles. The van der Waals surface area contributed by atoms with Gasteiger partial charge in [0, 0.05) is 23.2 Å². The molecule has 0 bridgehead atoms. The van der Waals surface area contributed by atoms with Crippen molar-refractivity contribution in [1.82, 2.24) is 0 Å². The van der Waals surface area contributed by atoms with Gasteiger partial charge in [-0.3, -0.25) is 4.79 Å². The molecule has 0 spiro atoms. The summed E-state index contributed by atoms with van der Waals surface area (Å²) in [6, 6.07) is 7.90. The van der Waals surface area contributed by atoms with Crippen LogP contribution in [0.1, 0.15) is 0 Å². The lowest BCUT2D eigenvalue weighted by atomic mass is 10.2. The molecular formula is C13H14N2O2S. The lowest BCUT2D eigenvalue weighted by Gasteiger charge is -2.30. The summed E-state index contributed by atoms with van der Waals surface area (Å²) in [6.45, 7) is 2.92. The van der Waals surface area contributed by atoms with Crippen LogP contribution in [0.5, 0.6) is 0 Å². The molecule has 4 nitrogen and oxygen atoms in total. The van der Waals surface area contributed by atoms with Gasteiger partial charge in [0.05, 0.1) is 18.9 Å². The molecule has 2 heterocycles. The van der Waals surface area contributed by atoms with E-state index in [0.29, 0.717) is 18.9 Å². The molecule has 2 aromatic rings. The maximum Gasteiger partial charge on any atom is 0.257 e. The van der Waals surface area contributed by atoms with Crippen LogP contribution in [0.3, 0.4) is 0 Å². The Bertz CT molecular complexity index is 632. The molecule has 3 rings (SSSR count). The topological polar surface area (TPSA) is 55.6 Å². The van der Waals surface area contributed by atoms with Crippen molar-refractivity contribution in [2.45, 2.75) is 0 Å². The van der Waals surface area contributed by atoms with Crippen LogP contribution in [-0.2, 0) is 4.74 Å². The van der Waals surface area contributed by atoms with E-state index < -0.39 is 0 Å². The number of fused-ring (bicyclic) bond motifs is 1. The third-order valence-corrected chi connectivity index (χ3v) is 4.13. The molecule has 1 aliphatic heterocycles. The normalized spacial score (nSPS) is 16.1. The molecule has 0 aliphatic carbocycles. The van der Waals surface area contributed by atoms with Crippen molar-refractivity contribution in [3.63, 3.8) is 0 Å².